The van der Waals surface area contributed by atoms with Crippen LogP contribution in [0, 0.1) is 17.8 Å². The molecule has 0 aliphatic heterocycles. The summed E-state index contributed by atoms with van der Waals surface area (Å²) in [4.78, 5) is 12.4. The highest BCUT2D eigenvalue weighted by molar-refractivity contribution is 6.39. The summed E-state index contributed by atoms with van der Waals surface area (Å²) in [6, 6.07) is 5.25. The van der Waals surface area contributed by atoms with Gasteiger partial charge in [-0.3, -0.25) is 4.79 Å². The van der Waals surface area contributed by atoms with Crippen molar-refractivity contribution in [2.75, 3.05) is 5.32 Å². The number of halogens is 2. The van der Waals surface area contributed by atoms with E-state index in [1.807, 2.05) is 0 Å². The molecule has 0 heterocycles. The molecule has 2 nitrogen and oxygen atoms in total. The van der Waals surface area contributed by atoms with Crippen LogP contribution in [0.25, 0.3) is 0 Å². The Bertz CT molecular complexity index is 519. The van der Waals surface area contributed by atoms with E-state index in [1.165, 1.54) is 0 Å². The lowest BCUT2D eigenvalue weighted by Gasteiger charge is -2.09. The molecule has 0 saturated heterocycles. The Kier molecular flexibility index (Phi) is 4.04. The minimum Gasteiger partial charge on any atom is -0.323 e. The van der Waals surface area contributed by atoms with E-state index in [-0.39, 0.29) is 11.8 Å². The summed E-state index contributed by atoms with van der Waals surface area (Å²) in [6.07, 6.45) is 8.84. The summed E-state index contributed by atoms with van der Waals surface area (Å²) in [6.45, 7) is 0. The molecule has 2 aliphatic rings. The van der Waals surface area contributed by atoms with Gasteiger partial charge >= 0.3 is 0 Å². The number of para-hydroxylation sites is 1. The predicted molar refractivity (Wildman–Crippen MR) is 83.2 cm³/mol. The number of anilines is 1. The number of fused-ring (bicyclic) bond motifs is 1. The summed E-state index contributed by atoms with van der Waals surface area (Å²) in [7, 11) is 0. The normalized spacial score (nSPS) is 28.2. The van der Waals surface area contributed by atoms with Crippen LogP contribution in [0.1, 0.15) is 25.7 Å². The van der Waals surface area contributed by atoms with Crippen LogP contribution in [0.15, 0.2) is 30.4 Å². The van der Waals surface area contributed by atoms with Crippen LogP contribution in [0.3, 0.4) is 0 Å². The van der Waals surface area contributed by atoms with Gasteiger partial charge in [0.2, 0.25) is 5.91 Å². The molecule has 3 rings (SSSR count). The smallest absolute Gasteiger partial charge is 0.228 e. The molecule has 1 amide bonds. The second-order valence-corrected chi connectivity index (χ2v) is 6.38. The Hall–Kier alpha value is -0.990. The van der Waals surface area contributed by atoms with Gasteiger partial charge in [-0.1, -0.05) is 41.4 Å². The lowest BCUT2D eigenvalue weighted by molar-refractivity contribution is -0.117. The number of carbonyl (C=O) groups is 1. The molecule has 0 bridgehead atoms. The molecule has 1 N–H and O–H groups in total. The summed E-state index contributed by atoms with van der Waals surface area (Å²) in [5, 5.41) is 3.90. The third kappa shape index (κ3) is 2.72. The summed E-state index contributed by atoms with van der Waals surface area (Å²) in [5.41, 5.74) is 0.540. The molecule has 106 valence electrons. The number of hydrogen-bond acceptors (Lipinski definition) is 1. The van der Waals surface area contributed by atoms with Crippen LogP contribution in [0.2, 0.25) is 10.0 Å². The summed E-state index contributed by atoms with van der Waals surface area (Å²) in [5.74, 6) is 1.25. The zero-order valence-corrected chi connectivity index (χ0v) is 12.6. The maximum atomic E-state index is 12.4. The molecule has 0 radical (unpaired) electrons. The second kappa shape index (κ2) is 5.79. The fourth-order valence-electron chi connectivity index (χ4n) is 3.26. The highest BCUT2D eigenvalue weighted by Gasteiger charge is 2.53. The first-order valence-electron chi connectivity index (χ1n) is 7.08. The summed E-state index contributed by atoms with van der Waals surface area (Å²) >= 11 is 12.2. The molecular formula is C16H17Cl2NO. The van der Waals surface area contributed by atoms with Gasteiger partial charge in [-0.15, -0.1) is 0 Å². The van der Waals surface area contributed by atoms with Crippen molar-refractivity contribution in [3.63, 3.8) is 0 Å². The van der Waals surface area contributed by atoms with Crippen molar-refractivity contribution < 1.29 is 4.79 Å². The van der Waals surface area contributed by atoms with Gasteiger partial charge in [0, 0.05) is 5.92 Å². The number of rotatable bonds is 2. The second-order valence-electron chi connectivity index (χ2n) is 5.57. The Morgan fingerprint density at radius 3 is 2.15 bits per heavy atom. The molecular weight excluding hydrogens is 293 g/mol. The van der Waals surface area contributed by atoms with Crippen LogP contribution in [-0.4, -0.2) is 5.91 Å². The van der Waals surface area contributed by atoms with E-state index in [0.29, 0.717) is 27.6 Å². The van der Waals surface area contributed by atoms with E-state index < -0.39 is 0 Å². The molecule has 2 atom stereocenters. The van der Waals surface area contributed by atoms with Crippen molar-refractivity contribution in [2.45, 2.75) is 25.7 Å². The monoisotopic (exact) mass is 309 g/mol. The van der Waals surface area contributed by atoms with E-state index in [4.69, 9.17) is 23.2 Å². The van der Waals surface area contributed by atoms with E-state index in [0.717, 1.165) is 25.7 Å². The highest BCUT2D eigenvalue weighted by Crippen LogP contribution is 2.53. The lowest BCUT2D eigenvalue weighted by Crippen LogP contribution is -2.16. The number of nitrogens with one attached hydrogen (secondary N) is 1. The van der Waals surface area contributed by atoms with Gasteiger partial charge < -0.3 is 5.32 Å². The van der Waals surface area contributed by atoms with Gasteiger partial charge in [-0.25, -0.2) is 0 Å². The van der Waals surface area contributed by atoms with Gasteiger partial charge in [0.1, 0.15) is 0 Å². The van der Waals surface area contributed by atoms with Crippen molar-refractivity contribution in [1.82, 2.24) is 0 Å². The molecule has 4 heteroatoms. The molecule has 0 aromatic heterocycles. The Labute approximate surface area is 129 Å². The van der Waals surface area contributed by atoms with E-state index >= 15 is 0 Å². The predicted octanol–water partition coefficient (Wildman–Crippen LogP) is 4.92. The van der Waals surface area contributed by atoms with Gasteiger partial charge in [-0.2, -0.15) is 0 Å². The molecule has 1 fully saturated rings. The fraction of sp³-hybridized carbons (Fsp3) is 0.438. The maximum Gasteiger partial charge on any atom is 0.228 e. The SMILES string of the molecule is O=C(Nc1c(Cl)cccc1Cl)C1C2CCC=CCCC21. The van der Waals surface area contributed by atoms with Crippen LogP contribution in [0.4, 0.5) is 5.69 Å². The minimum atomic E-state index is 0.0666. The fourth-order valence-corrected chi connectivity index (χ4v) is 3.75. The van der Waals surface area contributed by atoms with E-state index in [9.17, 15) is 4.79 Å². The van der Waals surface area contributed by atoms with Gasteiger partial charge in [0.15, 0.2) is 0 Å². The first-order valence-corrected chi connectivity index (χ1v) is 7.84. The van der Waals surface area contributed by atoms with Crippen molar-refractivity contribution >= 4 is 34.8 Å². The standard InChI is InChI=1S/C16H17Cl2NO/c17-12-8-5-9-13(18)15(12)19-16(20)14-10-6-3-1-2-4-7-11(10)14/h1-2,5,8-11,14H,3-4,6-7H2,(H,19,20). The third-order valence-corrected chi connectivity index (χ3v) is 4.98. The number of amides is 1. The Morgan fingerprint density at radius 2 is 1.60 bits per heavy atom. The highest BCUT2D eigenvalue weighted by atomic mass is 35.5. The average molecular weight is 310 g/mol. The molecule has 1 aromatic rings. The molecule has 0 spiro atoms. The molecule has 1 aromatic carbocycles. The Morgan fingerprint density at radius 1 is 1.05 bits per heavy atom. The minimum absolute atomic E-state index is 0.0666. The Balaban J connectivity index is 1.69. The van der Waals surface area contributed by atoms with Crippen LogP contribution >= 0.6 is 23.2 Å². The molecule has 2 unspecified atom stereocenters. The summed E-state index contributed by atoms with van der Waals surface area (Å²) < 4.78 is 0. The van der Waals surface area contributed by atoms with Crippen molar-refractivity contribution in [3.05, 3.63) is 40.4 Å². The number of hydrogen-bond donors (Lipinski definition) is 1. The van der Waals surface area contributed by atoms with Crippen molar-refractivity contribution in [3.8, 4) is 0 Å². The number of carbonyl (C=O) groups excluding carboxylic acids is 1. The molecule has 2 aliphatic carbocycles. The number of allylic oxidation sites excluding steroid dienone is 2. The van der Waals surface area contributed by atoms with Crippen molar-refractivity contribution in [2.24, 2.45) is 17.8 Å². The molecule has 20 heavy (non-hydrogen) atoms. The quantitative estimate of drug-likeness (QED) is 0.771. The molecule has 1 saturated carbocycles. The van der Waals surface area contributed by atoms with Crippen LogP contribution in [-0.2, 0) is 4.79 Å². The lowest BCUT2D eigenvalue weighted by atomic mass is 10.1. The maximum absolute atomic E-state index is 12.4. The van der Waals surface area contributed by atoms with E-state index in [1.54, 1.807) is 18.2 Å². The van der Waals surface area contributed by atoms with Gasteiger partial charge in [-0.05, 0) is 49.7 Å². The average Bonchev–Trinajstić information content (AvgIpc) is 3.05. The van der Waals surface area contributed by atoms with Gasteiger partial charge in [0.05, 0.1) is 15.7 Å². The third-order valence-electron chi connectivity index (χ3n) is 4.35. The zero-order valence-electron chi connectivity index (χ0n) is 11.1. The van der Waals surface area contributed by atoms with Gasteiger partial charge in [0.25, 0.3) is 0 Å². The topological polar surface area (TPSA) is 29.1 Å². The first kappa shape index (κ1) is 14.0. The van der Waals surface area contributed by atoms with E-state index in [2.05, 4.69) is 17.5 Å². The largest absolute Gasteiger partial charge is 0.323 e. The number of benzene rings is 1. The zero-order chi connectivity index (χ0) is 14.1. The first-order chi connectivity index (χ1) is 9.68. The van der Waals surface area contributed by atoms with Crippen LogP contribution < -0.4 is 5.32 Å². The van der Waals surface area contributed by atoms with Crippen LogP contribution in [0.5, 0.6) is 0 Å². The van der Waals surface area contributed by atoms with Crippen molar-refractivity contribution in [1.29, 1.82) is 0 Å².